The van der Waals surface area contributed by atoms with E-state index in [1.807, 2.05) is 0 Å². The molecule has 0 radical (unpaired) electrons. The summed E-state index contributed by atoms with van der Waals surface area (Å²) >= 11 is 0. The van der Waals surface area contributed by atoms with Gasteiger partial charge < -0.3 is 31.1 Å². The lowest BCUT2D eigenvalue weighted by atomic mass is 9.97. The summed E-state index contributed by atoms with van der Waals surface area (Å²) in [4.78, 5) is 52.0. The minimum atomic E-state index is -1.25. The molecule has 4 amide bonds. The van der Waals surface area contributed by atoms with E-state index in [0.717, 1.165) is 4.90 Å². The maximum Gasteiger partial charge on any atom is 0.408 e. The van der Waals surface area contributed by atoms with E-state index in [-0.39, 0.29) is 25.4 Å². The molecule has 1 aromatic carbocycles. The first-order chi connectivity index (χ1) is 16.3. The van der Waals surface area contributed by atoms with Gasteiger partial charge in [0.05, 0.1) is 6.61 Å². The summed E-state index contributed by atoms with van der Waals surface area (Å²) in [6.45, 7) is 7.80. The Morgan fingerprint density at radius 2 is 1.80 bits per heavy atom. The van der Waals surface area contributed by atoms with Gasteiger partial charge in [0.25, 0.3) is 0 Å². The van der Waals surface area contributed by atoms with E-state index in [9.17, 15) is 24.3 Å². The molecule has 0 aliphatic heterocycles. The molecule has 0 aliphatic rings. The zero-order chi connectivity index (χ0) is 26.8. The Bertz CT molecular complexity index is 948. The molecular formula is C25H36N4O6. The first-order valence-corrected chi connectivity index (χ1v) is 11.4. The van der Waals surface area contributed by atoms with Crippen LogP contribution >= 0.6 is 0 Å². The van der Waals surface area contributed by atoms with Crippen molar-refractivity contribution >= 4 is 23.8 Å². The lowest BCUT2D eigenvalue weighted by molar-refractivity contribution is -0.143. The summed E-state index contributed by atoms with van der Waals surface area (Å²) in [5.41, 5.74) is 5.20. The summed E-state index contributed by atoms with van der Waals surface area (Å²) in [5.74, 6) is 0.619. The molecule has 0 saturated heterocycles. The molecule has 0 fully saturated rings. The standard InChI is InChI=1S/C25H36N4O6/c1-7-17-10-8-9-11-18(17)21(22(32)27-16(2)3)29(14-15-30)23(33)19(12-13-20(26)31)28-24(34)35-25(4,5)6/h1,8-11,16,19,21,30H,12-15H2,2-6H3,(H2,26,31)(H,27,32)(H,28,34). The molecular weight excluding hydrogens is 452 g/mol. The third-order valence-electron chi connectivity index (χ3n) is 4.69. The second-order valence-corrected chi connectivity index (χ2v) is 9.26. The molecule has 10 nitrogen and oxygen atoms in total. The molecule has 0 heterocycles. The fourth-order valence-electron chi connectivity index (χ4n) is 3.35. The molecule has 1 aromatic rings. The predicted octanol–water partition coefficient (Wildman–Crippen LogP) is 1.21. The summed E-state index contributed by atoms with van der Waals surface area (Å²) in [5, 5.41) is 15.0. The highest BCUT2D eigenvalue weighted by atomic mass is 16.6. The van der Waals surface area contributed by atoms with E-state index in [4.69, 9.17) is 16.9 Å². The maximum atomic E-state index is 13.7. The van der Waals surface area contributed by atoms with E-state index in [1.165, 1.54) is 0 Å². The Balaban J connectivity index is 3.51. The number of terminal acetylenes is 1. The molecule has 0 aliphatic carbocycles. The van der Waals surface area contributed by atoms with Crippen molar-refractivity contribution in [3.63, 3.8) is 0 Å². The van der Waals surface area contributed by atoms with Gasteiger partial charge in [-0.2, -0.15) is 0 Å². The third kappa shape index (κ3) is 9.66. The Labute approximate surface area is 206 Å². The molecule has 5 N–H and O–H groups in total. The Kier molecular flexibility index (Phi) is 11.2. The highest BCUT2D eigenvalue weighted by Crippen LogP contribution is 2.26. The number of benzene rings is 1. The minimum Gasteiger partial charge on any atom is -0.444 e. The number of nitrogens with zero attached hydrogens (tertiary/aromatic N) is 1. The lowest BCUT2D eigenvalue weighted by Crippen LogP contribution is -2.54. The van der Waals surface area contributed by atoms with Crippen LogP contribution in [0.5, 0.6) is 0 Å². The van der Waals surface area contributed by atoms with E-state index in [2.05, 4.69) is 16.6 Å². The van der Waals surface area contributed by atoms with Crippen LogP contribution in [0.2, 0.25) is 0 Å². The van der Waals surface area contributed by atoms with Crippen LogP contribution in [0.3, 0.4) is 0 Å². The van der Waals surface area contributed by atoms with Crippen LogP contribution in [-0.2, 0) is 19.1 Å². The highest BCUT2D eigenvalue weighted by Gasteiger charge is 2.37. The molecule has 2 unspecified atom stereocenters. The van der Waals surface area contributed by atoms with Gasteiger partial charge in [0.2, 0.25) is 17.7 Å². The van der Waals surface area contributed by atoms with Crippen LogP contribution in [0, 0.1) is 12.3 Å². The van der Waals surface area contributed by atoms with Gasteiger partial charge in [-0.05, 0) is 52.7 Å². The molecule has 10 heteroatoms. The maximum absolute atomic E-state index is 13.7. The average molecular weight is 489 g/mol. The SMILES string of the molecule is C#Cc1ccccc1C(C(=O)NC(C)C)N(CCO)C(=O)C(CCC(N)=O)NC(=O)OC(C)(C)C. The van der Waals surface area contributed by atoms with Gasteiger partial charge >= 0.3 is 6.09 Å². The first-order valence-electron chi connectivity index (χ1n) is 11.4. The number of aliphatic hydroxyl groups excluding tert-OH is 1. The van der Waals surface area contributed by atoms with Crippen molar-refractivity contribution in [2.75, 3.05) is 13.2 Å². The monoisotopic (exact) mass is 488 g/mol. The predicted molar refractivity (Wildman–Crippen MR) is 131 cm³/mol. The Morgan fingerprint density at radius 1 is 1.17 bits per heavy atom. The first kappa shape index (κ1) is 29.5. The fourth-order valence-corrected chi connectivity index (χ4v) is 3.35. The van der Waals surface area contributed by atoms with Crippen LogP contribution in [0.4, 0.5) is 4.79 Å². The Morgan fingerprint density at radius 3 is 2.31 bits per heavy atom. The van der Waals surface area contributed by atoms with E-state index in [0.29, 0.717) is 11.1 Å². The topological polar surface area (TPSA) is 151 Å². The van der Waals surface area contributed by atoms with Crippen molar-refractivity contribution in [3.05, 3.63) is 35.4 Å². The summed E-state index contributed by atoms with van der Waals surface area (Å²) < 4.78 is 5.25. The number of hydrogen-bond donors (Lipinski definition) is 4. The molecule has 0 spiro atoms. The molecule has 35 heavy (non-hydrogen) atoms. The molecule has 0 saturated carbocycles. The fraction of sp³-hybridized carbons (Fsp3) is 0.520. The van der Waals surface area contributed by atoms with Crippen molar-refractivity contribution in [3.8, 4) is 12.3 Å². The van der Waals surface area contributed by atoms with Gasteiger partial charge in [-0.25, -0.2) is 4.79 Å². The zero-order valence-electron chi connectivity index (χ0n) is 21.0. The normalized spacial score (nSPS) is 12.7. The number of alkyl carbamates (subject to hydrolysis) is 1. The van der Waals surface area contributed by atoms with Crippen molar-refractivity contribution < 1.29 is 29.0 Å². The van der Waals surface area contributed by atoms with E-state index >= 15 is 0 Å². The van der Waals surface area contributed by atoms with Crippen molar-refractivity contribution in [1.82, 2.24) is 15.5 Å². The smallest absolute Gasteiger partial charge is 0.408 e. The van der Waals surface area contributed by atoms with Gasteiger partial charge in [0.1, 0.15) is 17.7 Å². The number of nitrogens with two attached hydrogens (primary N) is 1. The van der Waals surface area contributed by atoms with Gasteiger partial charge in [0.15, 0.2) is 0 Å². The number of nitrogens with one attached hydrogen (secondary N) is 2. The Hall–Kier alpha value is -3.58. The van der Waals surface area contributed by atoms with Gasteiger partial charge in [-0.15, -0.1) is 6.42 Å². The number of primary amides is 1. The number of rotatable bonds is 11. The number of hydrogen-bond acceptors (Lipinski definition) is 6. The second-order valence-electron chi connectivity index (χ2n) is 9.26. The zero-order valence-corrected chi connectivity index (χ0v) is 21.0. The summed E-state index contributed by atoms with van der Waals surface area (Å²) in [6.07, 6.45) is 4.43. The second kappa shape index (κ2) is 13.3. The molecule has 2 atom stereocenters. The number of aliphatic hydroxyl groups is 1. The quantitative estimate of drug-likeness (QED) is 0.344. The van der Waals surface area contributed by atoms with Crippen LogP contribution < -0.4 is 16.4 Å². The van der Waals surface area contributed by atoms with E-state index < -0.39 is 48.1 Å². The average Bonchev–Trinajstić information content (AvgIpc) is 2.74. The number of amides is 4. The van der Waals surface area contributed by atoms with E-state index in [1.54, 1.807) is 58.9 Å². The summed E-state index contributed by atoms with van der Waals surface area (Å²) in [7, 11) is 0. The largest absolute Gasteiger partial charge is 0.444 e. The molecule has 0 bridgehead atoms. The lowest BCUT2D eigenvalue weighted by Gasteiger charge is -2.34. The number of carbonyl (C=O) groups excluding carboxylic acids is 4. The highest BCUT2D eigenvalue weighted by molar-refractivity contribution is 5.93. The van der Waals surface area contributed by atoms with Gasteiger partial charge in [0, 0.05) is 24.6 Å². The molecule has 1 rings (SSSR count). The number of ether oxygens (including phenoxy) is 1. The molecule has 0 aromatic heterocycles. The molecule has 192 valence electrons. The van der Waals surface area contributed by atoms with Gasteiger partial charge in [-0.3, -0.25) is 14.4 Å². The van der Waals surface area contributed by atoms with Gasteiger partial charge in [-0.1, -0.05) is 24.1 Å². The van der Waals surface area contributed by atoms with Crippen molar-refractivity contribution in [2.24, 2.45) is 5.73 Å². The van der Waals surface area contributed by atoms with Crippen molar-refractivity contribution in [1.29, 1.82) is 0 Å². The number of carbonyl (C=O) groups is 4. The summed E-state index contributed by atoms with van der Waals surface area (Å²) in [6, 6.07) is 3.93. The van der Waals surface area contributed by atoms with Crippen LogP contribution in [0.25, 0.3) is 0 Å². The van der Waals surface area contributed by atoms with Crippen LogP contribution in [0.15, 0.2) is 24.3 Å². The third-order valence-corrected chi connectivity index (χ3v) is 4.69. The minimum absolute atomic E-state index is 0.134. The van der Waals surface area contributed by atoms with Crippen LogP contribution in [0.1, 0.15) is 64.6 Å². The van der Waals surface area contributed by atoms with Crippen molar-refractivity contribution in [2.45, 2.75) is 71.2 Å². The van der Waals surface area contributed by atoms with Crippen LogP contribution in [-0.4, -0.2) is 64.7 Å².